The summed E-state index contributed by atoms with van der Waals surface area (Å²) in [7, 11) is -4.15. The van der Waals surface area contributed by atoms with E-state index in [9.17, 15) is 17.6 Å². The van der Waals surface area contributed by atoms with Gasteiger partial charge in [0.1, 0.15) is 5.82 Å². The molecule has 1 aromatic rings. The van der Waals surface area contributed by atoms with E-state index in [0.29, 0.717) is 0 Å². The first-order valence-corrected chi connectivity index (χ1v) is 5.04. The Bertz CT molecular complexity index is 458. The fourth-order valence-electron chi connectivity index (χ4n) is 0.830. The number of nitrogens with one attached hydrogen (secondary N) is 1. The molecule has 0 bridgehead atoms. The Morgan fingerprint density at radius 1 is 1.36 bits per heavy atom. The van der Waals surface area contributed by atoms with Crippen LogP contribution in [0.4, 0.5) is 4.39 Å². The minimum Gasteiger partial charge on any atom is -0.268 e. The van der Waals surface area contributed by atoms with Crippen molar-refractivity contribution in [2.45, 2.75) is 0 Å². The van der Waals surface area contributed by atoms with E-state index in [4.69, 9.17) is 0 Å². The zero-order valence-corrected chi connectivity index (χ0v) is 7.71. The maximum Gasteiger partial charge on any atom is 0.298 e. The highest BCUT2D eigenvalue weighted by atomic mass is 32.2. The van der Waals surface area contributed by atoms with Gasteiger partial charge >= 0.3 is 0 Å². The number of hydrogen-bond acceptors (Lipinski definition) is 3. The smallest absolute Gasteiger partial charge is 0.268 e. The lowest BCUT2D eigenvalue weighted by Gasteiger charge is -2.02. The first kappa shape index (κ1) is 10.6. The van der Waals surface area contributed by atoms with Crippen LogP contribution in [0.25, 0.3) is 0 Å². The van der Waals surface area contributed by atoms with Crippen LogP contribution in [0, 0.1) is 5.82 Å². The molecule has 1 aromatic carbocycles. The highest BCUT2D eigenvalue weighted by Crippen LogP contribution is 2.05. The normalized spacial score (nSPS) is 11.0. The molecular weight excluding hydrogens is 211 g/mol. The van der Waals surface area contributed by atoms with Gasteiger partial charge in [-0.3, -0.25) is 4.79 Å². The Balaban J connectivity index is 2.97. The lowest BCUT2D eigenvalue weighted by atomic mass is 10.2. The molecule has 0 saturated heterocycles. The Kier molecular flexibility index (Phi) is 2.82. The fraction of sp³-hybridized carbons (Fsp3) is 0. The molecule has 0 aliphatic carbocycles. The van der Waals surface area contributed by atoms with Crippen molar-refractivity contribution in [3.8, 4) is 0 Å². The molecule has 0 fully saturated rings. The largest absolute Gasteiger partial charge is 0.298 e. The molecule has 0 aromatic heterocycles. The van der Waals surface area contributed by atoms with Crippen LogP contribution in [-0.4, -0.2) is 14.3 Å². The standard InChI is InChI=1S/C7H7FN2O3S/c8-6-4-2-1-3-5(6)7(11)10-14(9,12)13/h1-4H,(H,10,11)(H2,9,12,13). The molecule has 1 rings (SSSR count). The fourth-order valence-corrected chi connectivity index (χ4v) is 1.20. The van der Waals surface area contributed by atoms with Gasteiger partial charge in [-0.05, 0) is 12.1 Å². The number of carbonyl (C=O) groups is 1. The van der Waals surface area contributed by atoms with Crippen molar-refractivity contribution in [1.29, 1.82) is 0 Å². The number of hydrogen-bond donors (Lipinski definition) is 2. The SMILES string of the molecule is NS(=O)(=O)NC(=O)c1ccccc1F. The van der Waals surface area contributed by atoms with Crippen LogP contribution in [0.1, 0.15) is 10.4 Å². The average molecular weight is 218 g/mol. The molecule has 0 atom stereocenters. The molecule has 0 unspecified atom stereocenters. The van der Waals surface area contributed by atoms with E-state index in [1.807, 2.05) is 0 Å². The molecule has 7 heteroatoms. The van der Waals surface area contributed by atoms with Crippen LogP contribution in [0.2, 0.25) is 0 Å². The molecule has 0 radical (unpaired) electrons. The monoisotopic (exact) mass is 218 g/mol. The summed E-state index contributed by atoms with van der Waals surface area (Å²) >= 11 is 0. The van der Waals surface area contributed by atoms with Gasteiger partial charge in [-0.2, -0.15) is 8.42 Å². The maximum atomic E-state index is 12.9. The summed E-state index contributed by atoms with van der Waals surface area (Å²) in [5.41, 5.74) is -0.374. The van der Waals surface area contributed by atoms with Crippen LogP contribution >= 0.6 is 0 Å². The van der Waals surface area contributed by atoms with Gasteiger partial charge in [0.15, 0.2) is 0 Å². The molecule has 14 heavy (non-hydrogen) atoms. The summed E-state index contributed by atoms with van der Waals surface area (Å²) in [4.78, 5) is 11.1. The van der Waals surface area contributed by atoms with E-state index >= 15 is 0 Å². The number of benzene rings is 1. The molecule has 0 aliphatic heterocycles. The van der Waals surface area contributed by atoms with Gasteiger partial charge in [0, 0.05) is 0 Å². The summed E-state index contributed by atoms with van der Waals surface area (Å²) < 4.78 is 35.3. The van der Waals surface area contributed by atoms with Gasteiger partial charge in [0.2, 0.25) is 0 Å². The summed E-state index contributed by atoms with van der Waals surface area (Å²) in [6, 6.07) is 4.97. The third-order valence-corrected chi connectivity index (χ3v) is 1.82. The molecule has 1 amide bonds. The van der Waals surface area contributed by atoms with Gasteiger partial charge in [-0.1, -0.05) is 12.1 Å². The number of nitrogens with two attached hydrogens (primary N) is 1. The second-order valence-electron chi connectivity index (χ2n) is 2.46. The molecule has 76 valence electrons. The number of halogens is 1. The Morgan fingerprint density at radius 2 is 1.93 bits per heavy atom. The zero-order chi connectivity index (χ0) is 10.8. The number of amides is 1. The van der Waals surface area contributed by atoms with E-state index < -0.39 is 21.9 Å². The van der Waals surface area contributed by atoms with Crippen LogP contribution < -0.4 is 9.86 Å². The number of rotatable bonds is 2. The predicted octanol–water partition coefficient (Wildman–Crippen LogP) is -0.241. The van der Waals surface area contributed by atoms with Gasteiger partial charge in [0.25, 0.3) is 16.1 Å². The summed E-state index contributed by atoms with van der Waals surface area (Å²) in [6.07, 6.45) is 0. The van der Waals surface area contributed by atoms with Crippen molar-refractivity contribution in [1.82, 2.24) is 4.72 Å². The first-order valence-electron chi connectivity index (χ1n) is 3.49. The van der Waals surface area contributed by atoms with E-state index in [-0.39, 0.29) is 5.56 Å². The van der Waals surface area contributed by atoms with Crippen LogP contribution in [0.5, 0.6) is 0 Å². The minimum absolute atomic E-state index is 0.374. The highest BCUT2D eigenvalue weighted by Gasteiger charge is 2.14. The summed E-state index contributed by atoms with van der Waals surface area (Å²) in [5, 5.41) is 4.54. The number of carbonyl (C=O) groups excluding carboxylic acids is 1. The third kappa shape index (κ3) is 2.79. The Hall–Kier alpha value is -1.47. The third-order valence-electron chi connectivity index (χ3n) is 1.35. The van der Waals surface area contributed by atoms with Crippen molar-refractivity contribution in [2.75, 3.05) is 0 Å². The van der Waals surface area contributed by atoms with E-state index in [1.165, 1.54) is 16.9 Å². The summed E-state index contributed by atoms with van der Waals surface area (Å²) in [6.45, 7) is 0. The van der Waals surface area contributed by atoms with Crippen molar-refractivity contribution < 1.29 is 17.6 Å². The quantitative estimate of drug-likeness (QED) is 0.717. The lowest BCUT2D eigenvalue weighted by Crippen LogP contribution is -2.36. The van der Waals surface area contributed by atoms with Crippen LogP contribution in [0.3, 0.4) is 0 Å². The van der Waals surface area contributed by atoms with E-state index in [0.717, 1.165) is 12.1 Å². The Labute approximate surface area is 79.9 Å². The Morgan fingerprint density at radius 3 is 2.43 bits per heavy atom. The van der Waals surface area contributed by atoms with Crippen molar-refractivity contribution in [3.63, 3.8) is 0 Å². The van der Waals surface area contributed by atoms with Gasteiger partial charge in [-0.25, -0.2) is 14.3 Å². The lowest BCUT2D eigenvalue weighted by molar-refractivity contribution is 0.0977. The van der Waals surface area contributed by atoms with E-state index in [2.05, 4.69) is 5.14 Å². The second-order valence-corrected chi connectivity index (χ2v) is 3.75. The van der Waals surface area contributed by atoms with Gasteiger partial charge < -0.3 is 0 Å². The molecule has 0 spiro atoms. The first-order chi connectivity index (χ1) is 6.40. The van der Waals surface area contributed by atoms with E-state index in [1.54, 1.807) is 0 Å². The topological polar surface area (TPSA) is 89.3 Å². The van der Waals surface area contributed by atoms with Gasteiger partial charge in [0.05, 0.1) is 5.56 Å². The molecular formula is C7H7FN2O3S. The van der Waals surface area contributed by atoms with Crippen LogP contribution in [0.15, 0.2) is 24.3 Å². The van der Waals surface area contributed by atoms with Crippen molar-refractivity contribution >= 4 is 16.1 Å². The zero-order valence-electron chi connectivity index (χ0n) is 6.90. The molecule has 3 N–H and O–H groups in total. The van der Waals surface area contributed by atoms with Crippen LogP contribution in [-0.2, 0) is 10.2 Å². The average Bonchev–Trinajstić information content (AvgIpc) is 2.01. The molecule has 0 aliphatic rings. The molecule has 5 nitrogen and oxygen atoms in total. The molecule has 0 saturated carbocycles. The maximum absolute atomic E-state index is 12.9. The van der Waals surface area contributed by atoms with Gasteiger partial charge in [-0.15, -0.1) is 0 Å². The summed E-state index contributed by atoms with van der Waals surface area (Å²) in [5.74, 6) is -1.90. The van der Waals surface area contributed by atoms with Crippen molar-refractivity contribution in [3.05, 3.63) is 35.6 Å². The molecule has 0 heterocycles. The highest BCUT2D eigenvalue weighted by molar-refractivity contribution is 7.87. The van der Waals surface area contributed by atoms with Crippen molar-refractivity contribution in [2.24, 2.45) is 5.14 Å². The second kappa shape index (κ2) is 3.72. The minimum atomic E-state index is -4.15. The predicted molar refractivity (Wildman–Crippen MR) is 47.0 cm³/mol.